The second-order valence-electron chi connectivity index (χ2n) is 4.67. The fourth-order valence-corrected chi connectivity index (χ4v) is 2.37. The summed E-state index contributed by atoms with van der Waals surface area (Å²) in [7, 11) is 3.04. The molecule has 0 aromatic heterocycles. The van der Waals surface area contributed by atoms with Crippen LogP contribution >= 0.6 is 24.0 Å². The zero-order valence-corrected chi connectivity index (χ0v) is 14.1. The number of methoxy groups -OCH3 is 2. The number of carbonyl (C=O) groups excluding carboxylic acids is 1. The van der Waals surface area contributed by atoms with E-state index in [4.69, 9.17) is 25.8 Å². The van der Waals surface area contributed by atoms with Gasteiger partial charge in [-0.25, -0.2) is 0 Å². The van der Waals surface area contributed by atoms with Crippen LogP contribution in [0.1, 0.15) is 6.42 Å². The lowest BCUT2D eigenvalue weighted by Gasteiger charge is -2.23. The predicted molar refractivity (Wildman–Crippen MR) is 87.7 cm³/mol. The van der Waals surface area contributed by atoms with Gasteiger partial charge in [-0.05, 0) is 6.07 Å². The number of morpholine rings is 1. The smallest absolute Gasteiger partial charge is 0.226 e. The molecule has 0 spiro atoms. The van der Waals surface area contributed by atoms with Gasteiger partial charge < -0.3 is 24.8 Å². The molecule has 1 heterocycles. The summed E-state index contributed by atoms with van der Waals surface area (Å²) in [4.78, 5) is 12.1. The highest BCUT2D eigenvalue weighted by Gasteiger charge is 2.18. The summed E-state index contributed by atoms with van der Waals surface area (Å²) in [5, 5.41) is 6.44. The molecule has 1 aromatic carbocycles. The SMILES string of the molecule is COc1cc(OC)c(NC(=O)CC2COCCN2)cc1Cl.Cl. The Morgan fingerprint density at radius 3 is 2.73 bits per heavy atom. The zero-order valence-electron chi connectivity index (χ0n) is 12.5. The molecular formula is C14H20Cl2N2O4. The van der Waals surface area contributed by atoms with Gasteiger partial charge in [-0.3, -0.25) is 4.79 Å². The molecule has 1 atom stereocenters. The van der Waals surface area contributed by atoms with E-state index in [1.807, 2.05) is 0 Å². The van der Waals surface area contributed by atoms with E-state index in [2.05, 4.69) is 10.6 Å². The quantitative estimate of drug-likeness (QED) is 0.850. The minimum absolute atomic E-state index is 0. The third-order valence-electron chi connectivity index (χ3n) is 3.18. The Kier molecular flexibility index (Phi) is 7.75. The first-order chi connectivity index (χ1) is 10.1. The summed E-state index contributed by atoms with van der Waals surface area (Å²) in [6.07, 6.45) is 0.326. The van der Waals surface area contributed by atoms with E-state index in [9.17, 15) is 4.79 Å². The molecule has 1 aromatic rings. The number of anilines is 1. The van der Waals surface area contributed by atoms with Gasteiger partial charge in [0.15, 0.2) is 0 Å². The van der Waals surface area contributed by atoms with Gasteiger partial charge in [-0.1, -0.05) is 11.6 Å². The molecular weight excluding hydrogens is 331 g/mol. The lowest BCUT2D eigenvalue weighted by Crippen LogP contribution is -2.43. The van der Waals surface area contributed by atoms with Gasteiger partial charge in [0.1, 0.15) is 11.5 Å². The van der Waals surface area contributed by atoms with Crippen molar-refractivity contribution in [3.8, 4) is 11.5 Å². The normalized spacial score (nSPS) is 17.3. The van der Waals surface area contributed by atoms with Gasteiger partial charge in [-0.15, -0.1) is 12.4 Å². The molecule has 22 heavy (non-hydrogen) atoms. The van der Waals surface area contributed by atoms with Crippen LogP contribution < -0.4 is 20.1 Å². The Bertz CT molecular complexity index is 508. The summed E-state index contributed by atoms with van der Waals surface area (Å²) in [6, 6.07) is 3.28. The van der Waals surface area contributed by atoms with Gasteiger partial charge in [-0.2, -0.15) is 0 Å². The van der Waals surface area contributed by atoms with E-state index in [-0.39, 0.29) is 24.4 Å². The summed E-state index contributed by atoms with van der Waals surface area (Å²) in [5.74, 6) is 0.865. The van der Waals surface area contributed by atoms with Crippen molar-refractivity contribution in [2.75, 3.05) is 39.3 Å². The van der Waals surface area contributed by atoms with Gasteiger partial charge in [0.2, 0.25) is 5.91 Å². The van der Waals surface area contributed by atoms with Crippen LogP contribution in [0.3, 0.4) is 0 Å². The highest BCUT2D eigenvalue weighted by atomic mass is 35.5. The first-order valence-corrected chi connectivity index (χ1v) is 7.04. The van der Waals surface area contributed by atoms with Crippen LogP contribution in [-0.2, 0) is 9.53 Å². The molecule has 124 valence electrons. The zero-order chi connectivity index (χ0) is 15.2. The molecule has 2 N–H and O–H groups in total. The topological polar surface area (TPSA) is 68.8 Å². The highest BCUT2D eigenvalue weighted by Crippen LogP contribution is 2.35. The minimum atomic E-state index is -0.127. The van der Waals surface area contributed by atoms with Crippen LogP contribution in [0.5, 0.6) is 11.5 Å². The van der Waals surface area contributed by atoms with Crippen molar-refractivity contribution in [2.45, 2.75) is 12.5 Å². The van der Waals surface area contributed by atoms with Crippen molar-refractivity contribution in [1.29, 1.82) is 0 Å². The number of rotatable bonds is 5. The maximum Gasteiger partial charge on any atom is 0.226 e. The summed E-state index contributed by atoms with van der Waals surface area (Å²) >= 11 is 6.07. The monoisotopic (exact) mass is 350 g/mol. The van der Waals surface area contributed by atoms with Gasteiger partial charge in [0.05, 0.1) is 38.1 Å². The molecule has 0 bridgehead atoms. The summed E-state index contributed by atoms with van der Waals surface area (Å²) in [5.41, 5.74) is 0.519. The van der Waals surface area contributed by atoms with Crippen molar-refractivity contribution in [1.82, 2.24) is 5.32 Å². The maximum atomic E-state index is 12.1. The maximum absolute atomic E-state index is 12.1. The number of carbonyl (C=O) groups is 1. The second-order valence-corrected chi connectivity index (χ2v) is 5.07. The Balaban J connectivity index is 0.00000242. The average molecular weight is 351 g/mol. The van der Waals surface area contributed by atoms with Gasteiger partial charge in [0, 0.05) is 25.1 Å². The van der Waals surface area contributed by atoms with E-state index in [0.29, 0.717) is 41.8 Å². The summed E-state index contributed by atoms with van der Waals surface area (Å²) in [6.45, 7) is 1.98. The molecule has 1 saturated heterocycles. The Hall–Kier alpha value is -1.21. The lowest BCUT2D eigenvalue weighted by molar-refractivity contribution is -0.117. The molecule has 1 aliphatic heterocycles. The van der Waals surface area contributed by atoms with E-state index in [1.54, 1.807) is 12.1 Å². The van der Waals surface area contributed by atoms with Crippen LogP contribution in [0.2, 0.25) is 5.02 Å². The van der Waals surface area contributed by atoms with Crippen LogP contribution in [-0.4, -0.2) is 45.9 Å². The number of amides is 1. The average Bonchev–Trinajstić information content (AvgIpc) is 2.48. The molecule has 0 radical (unpaired) electrons. The van der Waals surface area contributed by atoms with Crippen LogP contribution in [0.15, 0.2) is 12.1 Å². The van der Waals surface area contributed by atoms with Gasteiger partial charge >= 0.3 is 0 Å². The molecule has 8 heteroatoms. The number of nitrogens with one attached hydrogen (secondary N) is 2. The number of hydrogen-bond acceptors (Lipinski definition) is 5. The second kappa shape index (κ2) is 9.05. The molecule has 0 aliphatic carbocycles. The largest absolute Gasteiger partial charge is 0.495 e. The number of ether oxygens (including phenoxy) is 3. The summed E-state index contributed by atoms with van der Waals surface area (Å²) < 4.78 is 15.7. The fourth-order valence-electron chi connectivity index (χ4n) is 2.13. The number of hydrogen-bond donors (Lipinski definition) is 2. The number of halogens is 2. The van der Waals surface area contributed by atoms with Gasteiger partial charge in [0.25, 0.3) is 0 Å². The number of benzene rings is 1. The molecule has 1 unspecified atom stereocenters. The van der Waals surface area contributed by atoms with Crippen molar-refractivity contribution in [2.24, 2.45) is 0 Å². The van der Waals surface area contributed by atoms with E-state index >= 15 is 0 Å². The molecule has 1 aliphatic rings. The Labute approximate surface area is 140 Å². The van der Waals surface area contributed by atoms with E-state index in [1.165, 1.54) is 14.2 Å². The molecule has 2 rings (SSSR count). The van der Waals surface area contributed by atoms with Crippen LogP contribution in [0.25, 0.3) is 0 Å². The third-order valence-corrected chi connectivity index (χ3v) is 3.47. The molecule has 1 fully saturated rings. The Morgan fingerprint density at radius 1 is 1.41 bits per heavy atom. The molecule has 1 amide bonds. The van der Waals surface area contributed by atoms with Crippen molar-refractivity contribution in [3.63, 3.8) is 0 Å². The van der Waals surface area contributed by atoms with Crippen molar-refractivity contribution in [3.05, 3.63) is 17.2 Å². The first kappa shape index (κ1) is 18.8. The predicted octanol–water partition coefficient (Wildman–Crippen LogP) is 2.10. The highest BCUT2D eigenvalue weighted by molar-refractivity contribution is 6.32. The van der Waals surface area contributed by atoms with Crippen molar-refractivity contribution >= 4 is 35.6 Å². The fraction of sp³-hybridized carbons (Fsp3) is 0.500. The van der Waals surface area contributed by atoms with Crippen LogP contribution in [0.4, 0.5) is 5.69 Å². The Morgan fingerprint density at radius 2 is 2.14 bits per heavy atom. The molecule has 6 nitrogen and oxygen atoms in total. The van der Waals surface area contributed by atoms with E-state index < -0.39 is 0 Å². The van der Waals surface area contributed by atoms with E-state index in [0.717, 1.165) is 6.54 Å². The van der Waals surface area contributed by atoms with Crippen LogP contribution in [0, 0.1) is 0 Å². The first-order valence-electron chi connectivity index (χ1n) is 6.66. The lowest BCUT2D eigenvalue weighted by atomic mass is 10.2. The third kappa shape index (κ3) is 4.91. The van der Waals surface area contributed by atoms with Crippen molar-refractivity contribution < 1.29 is 19.0 Å². The standard InChI is InChI=1S/C14H19ClN2O4.ClH/c1-19-12-7-13(20-2)11(6-10(12)15)17-14(18)5-9-8-21-4-3-16-9;/h6-7,9,16H,3-5,8H2,1-2H3,(H,17,18);1H. The minimum Gasteiger partial charge on any atom is -0.495 e. The molecule has 0 saturated carbocycles.